The van der Waals surface area contributed by atoms with Gasteiger partial charge in [-0.05, 0) is 42.7 Å². The minimum Gasteiger partial charge on any atom is -0.337 e. The molecule has 3 aromatic rings. The predicted octanol–water partition coefficient (Wildman–Crippen LogP) is 4.01. The van der Waals surface area contributed by atoms with Crippen molar-refractivity contribution < 1.29 is 18.8 Å². The van der Waals surface area contributed by atoms with Gasteiger partial charge in [-0.1, -0.05) is 48.5 Å². The van der Waals surface area contributed by atoms with Gasteiger partial charge in [0.1, 0.15) is 5.82 Å². The minimum atomic E-state index is -0.354. The maximum Gasteiger partial charge on any atom is 0.261 e. The molecule has 0 bridgehead atoms. The van der Waals surface area contributed by atoms with Crippen LogP contribution in [-0.2, 0) is 13.0 Å². The maximum atomic E-state index is 14.1. The summed E-state index contributed by atoms with van der Waals surface area (Å²) in [5.74, 6) is -1.05. The van der Waals surface area contributed by atoms with E-state index in [-0.39, 0.29) is 29.1 Å². The highest BCUT2D eigenvalue weighted by Gasteiger charge is 2.36. The summed E-state index contributed by atoms with van der Waals surface area (Å²) in [6.07, 6.45) is 1.35. The topological polar surface area (TPSA) is 60.9 Å². The van der Waals surface area contributed by atoms with Gasteiger partial charge < -0.3 is 4.90 Å². The highest BCUT2D eigenvalue weighted by Crippen LogP contribution is 2.25. The fourth-order valence-electron chi connectivity index (χ4n) is 4.89. The van der Waals surface area contributed by atoms with E-state index in [9.17, 15) is 18.8 Å². The fourth-order valence-corrected chi connectivity index (χ4v) is 4.89. The van der Waals surface area contributed by atoms with Crippen molar-refractivity contribution in [3.05, 3.63) is 106 Å². The molecule has 2 heterocycles. The molecule has 36 heavy (non-hydrogen) atoms. The second-order valence-electron chi connectivity index (χ2n) is 9.27. The third kappa shape index (κ3) is 4.93. The largest absolute Gasteiger partial charge is 0.337 e. The SMILES string of the molecule is O=C(c1ccc2c(c1)C(=O)N(CCc1ccccc1)C2=O)N1CCCN(Cc2ccccc2F)CC1. The van der Waals surface area contributed by atoms with Gasteiger partial charge >= 0.3 is 0 Å². The van der Waals surface area contributed by atoms with Crippen molar-refractivity contribution in [2.45, 2.75) is 19.4 Å². The predicted molar refractivity (Wildman–Crippen MR) is 134 cm³/mol. The van der Waals surface area contributed by atoms with E-state index in [2.05, 4.69) is 4.90 Å². The van der Waals surface area contributed by atoms with Crippen LogP contribution in [0.1, 0.15) is 48.6 Å². The molecule has 1 fully saturated rings. The van der Waals surface area contributed by atoms with Gasteiger partial charge in [0, 0.05) is 50.4 Å². The van der Waals surface area contributed by atoms with Crippen molar-refractivity contribution in [2.75, 3.05) is 32.7 Å². The van der Waals surface area contributed by atoms with E-state index < -0.39 is 0 Å². The first-order valence-electron chi connectivity index (χ1n) is 12.3. The summed E-state index contributed by atoms with van der Waals surface area (Å²) in [6.45, 7) is 3.30. The highest BCUT2D eigenvalue weighted by molar-refractivity contribution is 6.22. The van der Waals surface area contributed by atoms with E-state index >= 15 is 0 Å². The standard InChI is InChI=1S/C29H28FN3O3/c30-26-10-5-4-9-23(26)20-31-14-6-15-32(18-17-31)27(34)22-11-12-24-25(19-22)29(36)33(28(24)35)16-13-21-7-2-1-3-8-21/h1-5,7-12,19H,6,13-18,20H2. The van der Waals surface area contributed by atoms with Crippen molar-refractivity contribution in [1.82, 2.24) is 14.7 Å². The van der Waals surface area contributed by atoms with Crippen LogP contribution in [0.4, 0.5) is 4.39 Å². The monoisotopic (exact) mass is 485 g/mol. The third-order valence-corrected chi connectivity index (χ3v) is 6.91. The molecule has 1 saturated heterocycles. The summed E-state index contributed by atoms with van der Waals surface area (Å²) in [5.41, 5.74) is 2.74. The van der Waals surface area contributed by atoms with Crippen molar-refractivity contribution in [3.63, 3.8) is 0 Å². The molecule has 2 aliphatic rings. The second-order valence-corrected chi connectivity index (χ2v) is 9.27. The van der Waals surface area contributed by atoms with Crippen molar-refractivity contribution >= 4 is 17.7 Å². The summed E-state index contributed by atoms with van der Waals surface area (Å²) in [6, 6.07) is 21.3. The van der Waals surface area contributed by atoms with Gasteiger partial charge in [-0.2, -0.15) is 0 Å². The number of hydrogen-bond donors (Lipinski definition) is 0. The van der Waals surface area contributed by atoms with Gasteiger partial charge in [-0.3, -0.25) is 24.2 Å². The molecular formula is C29H28FN3O3. The lowest BCUT2D eigenvalue weighted by Crippen LogP contribution is -2.35. The van der Waals surface area contributed by atoms with E-state index in [0.717, 1.165) is 18.5 Å². The molecule has 184 valence electrons. The average Bonchev–Trinajstić information content (AvgIpc) is 3.04. The molecule has 0 saturated carbocycles. The Bertz CT molecular complexity index is 1290. The highest BCUT2D eigenvalue weighted by atomic mass is 19.1. The first-order valence-corrected chi connectivity index (χ1v) is 12.3. The zero-order valence-electron chi connectivity index (χ0n) is 20.0. The zero-order chi connectivity index (χ0) is 25.1. The molecule has 6 nitrogen and oxygen atoms in total. The van der Waals surface area contributed by atoms with Crippen LogP contribution >= 0.6 is 0 Å². The molecule has 3 aromatic carbocycles. The number of imide groups is 1. The van der Waals surface area contributed by atoms with Gasteiger partial charge in [0.05, 0.1) is 11.1 Å². The molecule has 0 atom stereocenters. The van der Waals surface area contributed by atoms with Gasteiger partial charge in [0.2, 0.25) is 0 Å². The van der Waals surface area contributed by atoms with Crippen LogP contribution in [0, 0.1) is 5.82 Å². The van der Waals surface area contributed by atoms with E-state index in [1.807, 2.05) is 36.4 Å². The van der Waals surface area contributed by atoms with E-state index in [0.29, 0.717) is 55.8 Å². The van der Waals surface area contributed by atoms with Crippen LogP contribution in [0.15, 0.2) is 72.8 Å². The Labute approximate surface area is 209 Å². The van der Waals surface area contributed by atoms with Gasteiger partial charge in [0.15, 0.2) is 0 Å². The molecule has 3 amide bonds. The van der Waals surface area contributed by atoms with Gasteiger partial charge in [-0.25, -0.2) is 4.39 Å². The summed E-state index contributed by atoms with van der Waals surface area (Å²) in [7, 11) is 0. The summed E-state index contributed by atoms with van der Waals surface area (Å²) < 4.78 is 14.1. The Kier molecular flexibility index (Phi) is 6.91. The van der Waals surface area contributed by atoms with Crippen molar-refractivity contribution in [1.29, 1.82) is 0 Å². The van der Waals surface area contributed by atoms with Crippen LogP contribution in [0.2, 0.25) is 0 Å². The molecule has 0 spiro atoms. The number of benzene rings is 3. The lowest BCUT2D eigenvalue weighted by molar-refractivity contribution is 0.0655. The first kappa shape index (κ1) is 23.9. The number of rotatable bonds is 6. The Hall–Kier alpha value is -3.84. The summed E-state index contributed by atoms with van der Waals surface area (Å²) in [5, 5.41) is 0. The van der Waals surface area contributed by atoms with E-state index in [1.54, 1.807) is 35.2 Å². The fraction of sp³-hybridized carbons (Fsp3) is 0.276. The normalized spacial score (nSPS) is 16.2. The molecule has 7 heteroatoms. The summed E-state index contributed by atoms with van der Waals surface area (Å²) >= 11 is 0. The maximum absolute atomic E-state index is 14.1. The average molecular weight is 486 g/mol. The van der Waals surface area contributed by atoms with Crippen LogP contribution in [0.3, 0.4) is 0 Å². The molecule has 0 N–H and O–H groups in total. The molecule has 0 unspecified atom stereocenters. The van der Waals surface area contributed by atoms with Crippen LogP contribution in [0.25, 0.3) is 0 Å². The third-order valence-electron chi connectivity index (χ3n) is 6.91. The minimum absolute atomic E-state index is 0.159. The van der Waals surface area contributed by atoms with E-state index in [1.165, 1.54) is 11.0 Å². The lowest BCUT2D eigenvalue weighted by Gasteiger charge is -2.22. The summed E-state index contributed by atoms with van der Waals surface area (Å²) in [4.78, 5) is 44.3. The smallest absolute Gasteiger partial charge is 0.261 e. The lowest BCUT2D eigenvalue weighted by atomic mass is 10.0. The van der Waals surface area contributed by atoms with Crippen molar-refractivity contribution in [2.24, 2.45) is 0 Å². The second kappa shape index (κ2) is 10.4. The van der Waals surface area contributed by atoms with Crippen molar-refractivity contribution in [3.8, 4) is 0 Å². The van der Waals surface area contributed by atoms with Crippen LogP contribution in [-0.4, -0.2) is 65.1 Å². The van der Waals surface area contributed by atoms with E-state index in [4.69, 9.17) is 0 Å². The Morgan fingerprint density at radius 1 is 0.806 bits per heavy atom. The molecule has 2 aliphatic heterocycles. The molecule has 0 radical (unpaired) electrons. The molecule has 0 aromatic heterocycles. The van der Waals surface area contributed by atoms with Gasteiger partial charge in [0.25, 0.3) is 17.7 Å². The Morgan fingerprint density at radius 2 is 1.56 bits per heavy atom. The van der Waals surface area contributed by atoms with Crippen LogP contribution < -0.4 is 0 Å². The first-order chi connectivity index (χ1) is 17.5. The van der Waals surface area contributed by atoms with Gasteiger partial charge in [-0.15, -0.1) is 0 Å². The molecule has 5 rings (SSSR count). The number of carbonyl (C=O) groups excluding carboxylic acids is 3. The molecular weight excluding hydrogens is 457 g/mol. The number of amides is 3. The zero-order valence-corrected chi connectivity index (χ0v) is 20.0. The van der Waals surface area contributed by atoms with Crippen LogP contribution in [0.5, 0.6) is 0 Å². The number of halogens is 1. The number of carbonyl (C=O) groups is 3. The number of hydrogen-bond acceptors (Lipinski definition) is 4. The Morgan fingerprint density at radius 3 is 2.36 bits per heavy atom. The quantitative estimate of drug-likeness (QED) is 0.495. The number of fused-ring (bicyclic) bond motifs is 1. The Balaban J connectivity index is 1.24. The molecule has 0 aliphatic carbocycles. The number of nitrogens with zero attached hydrogens (tertiary/aromatic N) is 3.